The summed E-state index contributed by atoms with van der Waals surface area (Å²) in [7, 11) is -4.22. The molecule has 8 nitrogen and oxygen atoms in total. The molecule has 0 bridgehead atoms. The van der Waals surface area contributed by atoms with Gasteiger partial charge in [0.1, 0.15) is 10.7 Å². The Kier molecular flexibility index (Phi) is 4.16. The van der Waals surface area contributed by atoms with Crippen molar-refractivity contribution >= 4 is 21.7 Å². The van der Waals surface area contributed by atoms with Crippen molar-refractivity contribution in [3.63, 3.8) is 0 Å². The number of hydrogen-bond acceptors (Lipinski definition) is 5. The fraction of sp³-hybridized carbons (Fsp3) is 0.333. The highest BCUT2D eigenvalue weighted by Gasteiger charge is 2.27. The van der Waals surface area contributed by atoms with E-state index in [2.05, 4.69) is 9.82 Å². The van der Waals surface area contributed by atoms with Crippen LogP contribution in [-0.4, -0.2) is 29.3 Å². The van der Waals surface area contributed by atoms with E-state index in [1.165, 1.54) is 20.8 Å². The minimum atomic E-state index is -4.22. The van der Waals surface area contributed by atoms with E-state index in [4.69, 9.17) is 9.52 Å². The first kappa shape index (κ1) is 16.9. The van der Waals surface area contributed by atoms with E-state index in [-0.39, 0.29) is 22.8 Å². The number of sulfonamides is 1. The molecule has 2 N–H and O–H groups in total. The predicted molar refractivity (Wildman–Crippen MR) is 74.2 cm³/mol. The number of alkyl halides is 2. The van der Waals surface area contributed by atoms with Crippen LogP contribution in [0.15, 0.2) is 15.4 Å². The van der Waals surface area contributed by atoms with Gasteiger partial charge in [0.15, 0.2) is 0 Å². The van der Waals surface area contributed by atoms with E-state index in [9.17, 15) is 22.0 Å². The Hall–Kier alpha value is -2.43. The number of anilines is 1. The number of carboxylic acid groups (broad SMARTS) is 1. The SMILES string of the molecule is Cc1nn(C(F)F)c(C)c1NS(=O)(=O)c1cc(C(=O)O)oc1C. The molecule has 23 heavy (non-hydrogen) atoms. The van der Waals surface area contributed by atoms with Gasteiger partial charge in [-0.1, -0.05) is 0 Å². The fourth-order valence-electron chi connectivity index (χ4n) is 2.03. The third-order valence-corrected chi connectivity index (χ3v) is 4.58. The number of aryl methyl sites for hydroxylation is 2. The van der Waals surface area contributed by atoms with Crippen LogP contribution in [0.25, 0.3) is 0 Å². The van der Waals surface area contributed by atoms with Gasteiger partial charge in [-0.25, -0.2) is 17.9 Å². The molecule has 2 rings (SSSR count). The van der Waals surface area contributed by atoms with Crippen LogP contribution < -0.4 is 4.72 Å². The number of carbonyl (C=O) groups is 1. The second kappa shape index (κ2) is 5.65. The lowest BCUT2D eigenvalue weighted by atomic mass is 10.3. The third kappa shape index (κ3) is 3.04. The Morgan fingerprint density at radius 3 is 2.43 bits per heavy atom. The number of rotatable bonds is 5. The summed E-state index contributed by atoms with van der Waals surface area (Å²) in [5.74, 6) is -2.10. The van der Waals surface area contributed by atoms with E-state index in [1.54, 1.807) is 0 Å². The minimum Gasteiger partial charge on any atom is -0.475 e. The molecular formula is C12H13F2N3O5S. The van der Waals surface area contributed by atoms with Crippen LogP contribution in [0.4, 0.5) is 14.5 Å². The zero-order valence-electron chi connectivity index (χ0n) is 12.3. The van der Waals surface area contributed by atoms with Crippen LogP contribution in [0, 0.1) is 20.8 Å². The molecule has 0 aliphatic heterocycles. The lowest BCUT2D eigenvalue weighted by Gasteiger charge is -2.08. The maximum absolute atomic E-state index is 12.8. The molecule has 0 spiro atoms. The van der Waals surface area contributed by atoms with Gasteiger partial charge in [0.2, 0.25) is 5.76 Å². The maximum Gasteiger partial charge on any atom is 0.371 e. The summed E-state index contributed by atoms with van der Waals surface area (Å²) in [6.07, 6.45) is 0. The molecule has 2 aromatic heterocycles. The van der Waals surface area contributed by atoms with E-state index in [0.29, 0.717) is 4.68 Å². The molecule has 0 saturated carbocycles. The van der Waals surface area contributed by atoms with Crippen LogP contribution >= 0.6 is 0 Å². The number of aromatic carboxylic acids is 1. The highest BCUT2D eigenvalue weighted by Crippen LogP contribution is 2.28. The van der Waals surface area contributed by atoms with Crippen molar-refractivity contribution in [3.8, 4) is 0 Å². The Labute approximate surface area is 129 Å². The molecule has 2 heterocycles. The Morgan fingerprint density at radius 1 is 1.39 bits per heavy atom. The lowest BCUT2D eigenvalue weighted by molar-refractivity contribution is 0.0541. The van der Waals surface area contributed by atoms with Gasteiger partial charge in [-0.05, 0) is 20.8 Å². The summed E-state index contributed by atoms with van der Waals surface area (Å²) in [4.78, 5) is 10.4. The Balaban J connectivity index is 2.45. The number of carboxylic acids is 1. The molecule has 126 valence electrons. The average Bonchev–Trinajstić information content (AvgIpc) is 2.94. The number of nitrogens with zero attached hydrogens (tertiary/aromatic N) is 2. The first-order valence-corrected chi connectivity index (χ1v) is 7.73. The second-order valence-corrected chi connectivity index (χ2v) is 6.36. The zero-order chi connectivity index (χ0) is 17.5. The predicted octanol–water partition coefficient (Wildman–Crippen LogP) is 2.30. The Morgan fingerprint density at radius 2 is 2.00 bits per heavy atom. The summed E-state index contributed by atoms with van der Waals surface area (Å²) >= 11 is 0. The first-order chi connectivity index (χ1) is 10.5. The molecular weight excluding hydrogens is 336 g/mol. The van der Waals surface area contributed by atoms with Crippen molar-refractivity contribution in [3.05, 3.63) is 29.0 Å². The van der Waals surface area contributed by atoms with Crippen molar-refractivity contribution in [2.75, 3.05) is 4.72 Å². The summed E-state index contributed by atoms with van der Waals surface area (Å²) in [6, 6.07) is 0.849. The number of hydrogen-bond donors (Lipinski definition) is 2. The van der Waals surface area contributed by atoms with Gasteiger partial charge in [-0.15, -0.1) is 0 Å². The van der Waals surface area contributed by atoms with Gasteiger partial charge in [0.05, 0.1) is 17.1 Å². The van der Waals surface area contributed by atoms with Crippen molar-refractivity contribution in [1.29, 1.82) is 0 Å². The van der Waals surface area contributed by atoms with Gasteiger partial charge >= 0.3 is 12.5 Å². The summed E-state index contributed by atoms with van der Waals surface area (Å²) in [6.45, 7) is 1.02. The molecule has 0 amide bonds. The molecule has 11 heteroatoms. The minimum absolute atomic E-state index is 0.0611. The zero-order valence-corrected chi connectivity index (χ0v) is 13.1. The topological polar surface area (TPSA) is 114 Å². The molecule has 0 aromatic carbocycles. The van der Waals surface area contributed by atoms with Crippen molar-refractivity contribution < 1.29 is 31.5 Å². The molecule has 0 unspecified atom stereocenters. The van der Waals surface area contributed by atoms with E-state index in [0.717, 1.165) is 6.07 Å². The Bertz CT molecular complexity index is 870. The maximum atomic E-state index is 12.8. The van der Waals surface area contributed by atoms with Crippen molar-refractivity contribution in [1.82, 2.24) is 9.78 Å². The molecule has 0 fully saturated rings. The number of nitrogens with one attached hydrogen (secondary N) is 1. The number of halogens is 2. The van der Waals surface area contributed by atoms with E-state index >= 15 is 0 Å². The van der Waals surface area contributed by atoms with Gasteiger partial charge < -0.3 is 9.52 Å². The number of aromatic nitrogens is 2. The smallest absolute Gasteiger partial charge is 0.371 e. The van der Waals surface area contributed by atoms with Crippen molar-refractivity contribution in [2.45, 2.75) is 32.2 Å². The monoisotopic (exact) mass is 349 g/mol. The van der Waals surface area contributed by atoms with Crippen LogP contribution in [0.2, 0.25) is 0 Å². The molecule has 0 aliphatic rings. The van der Waals surface area contributed by atoms with Crippen molar-refractivity contribution in [2.24, 2.45) is 0 Å². The summed E-state index contributed by atoms with van der Waals surface area (Å²) in [5, 5.41) is 12.4. The van der Waals surface area contributed by atoms with Gasteiger partial charge in [-0.2, -0.15) is 13.9 Å². The highest BCUT2D eigenvalue weighted by molar-refractivity contribution is 7.92. The largest absolute Gasteiger partial charge is 0.475 e. The van der Waals surface area contributed by atoms with Gasteiger partial charge in [0, 0.05) is 6.07 Å². The number of furan rings is 1. The molecule has 2 aromatic rings. The highest BCUT2D eigenvalue weighted by atomic mass is 32.2. The normalized spacial score (nSPS) is 11.9. The van der Waals surface area contributed by atoms with Gasteiger partial charge in [0.25, 0.3) is 10.0 Å². The second-order valence-electron chi connectivity index (χ2n) is 4.71. The van der Waals surface area contributed by atoms with E-state index in [1.807, 2.05) is 0 Å². The molecule has 0 saturated heterocycles. The fourth-order valence-corrected chi connectivity index (χ4v) is 3.38. The van der Waals surface area contributed by atoms with Crippen LogP contribution in [0.3, 0.4) is 0 Å². The van der Waals surface area contributed by atoms with Crippen LogP contribution in [-0.2, 0) is 10.0 Å². The van der Waals surface area contributed by atoms with Crippen LogP contribution in [0.5, 0.6) is 0 Å². The molecule has 0 atom stereocenters. The summed E-state index contributed by atoms with van der Waals surface area (Å²) in [5.41, 5.74) is -0.102. The van der Waals surface area contributed by atoms with Gasteiger partial charge in [-0.3, -0.25) is 4.72 Å². The third-order valence-electron chi connectivity index (χ3n) is 3.12. The van der Waals surface area contributed by atoms with Crippen LogP contribution in [0.1, 0.15) is 34.3 Å². The lowest BCUT2D eigenvalue weighted by Crippen LogP contribution is -2.14. The quantitative estimate of drug-likeness (QED) is 0.856. The summed E-state index contributed by atoms with van der Waals surface area (Å²) < 4.78 is 57.6. The molecule has 0 radical (unpaired) electrons. The van der Waals surface area contributed by atoms with E-state index < -0.39 is 33.2 Å². The standard InChI is InChI=1S/C12H13F2N3O5S/c1-5-10(6(2)17(15-5)12(13)14)16-23(20,21)9-4-8(11(18)19)22-7(9)3/h4,12,16H,1-3H3,(H,18,19). The first-order valence-electron chi connectivity index (χ1n) is 6.25. The average molecular weight is 349 g/mol. The molecule has 0 aliphatic carbocycles.